The first-order chi connectivity index (χ1) is 12.1. The maximum atomic E-state index is 12.9. The molecule has 0 amide bonds. The van der Waals surface area contributed by atoms with E-state index in [1.54, 1.807) is 11.8 Å². The number of carbonyl (C=O) groups is 1. The second-order valence-electron chi connectivity index (χ2n) is 5.37. The maximum absolute atomic E-state index is 12.9. The zero-order valence-corrected chi connectivity index (χ0v) is 15.2. The van der Waals surface area contributed by atoms with E-state index in [1.165, 1.54) is 46.7 Å². The molecule has 0 aliphatic carbocycles. The van der Waals surface area contributed by atoms with Gasteiger partial charge in [-0.15, -0.1) is 10.2 Å². The van der Waals surface area contributed by atoms with Crippen molar-refractivity contribution in [3.8, 4) is 0 Å². The van der Waals surface area contributed by atoms with Gasteiger partial charge in [0.05, 0.1) is 6.54 Å². The van der Waals surface area contributed by atoms with Gasteiger partial charge in [-0.3, -0.25) is 4.79 Å². The molecule has 0 radical (unpaired) electrons. The number of hydrogen-bond acceptors (Lipinski definition) is 6. The number of nitrogens with zero attached hydrogens (tertiary/aromatic N) is 2. The molecule has 0 aliphatic rings. The second kappa shape index (κ2) is 8.22. The average molecular weight is 373 g/mol. The van der Waals surface area contributed by atoms with Gasteiger partial charge in [0.25, 0.3) is 0 Å². The summed E-state index contributed by atoms with van der Waals surface area (Å²) >= 11 is 3.03. The zero-order chi connectivity index (χ0) is 17.6. The summed E-state index contributed by atoms with van der Waals surface area (Å²) in [4.78, 5) is 12.1. The van der Waals surface area contributed by atoms with Crippen molar-refractivity contribution in [2.45, 2.75) is 17.0 Å². The summed E-state index contributed by atoms with van der Waals surface area (Å²) in [6.45, 7) is 2.19. The van der Waals surface area contributed by atoms with Crippen LogP contribution in [0.1, 0.15) is 21.5 Å². The summed E-state index contributed by atoms with van der Waals surface area (Å²) in [6, 6.07) is 13.7. The van der Waals surface area contributed by atoms with Crippen LogP contribution in [0, 0.1) is 12.7 Å². The van der Waals surface area contributed by atoms with Crippen LogP contribution in [-0.2, 0) is 5.75 Å². The van der Waals surface area contributed by atoms with E-state index >= 15 is 0 Å². The van der Waals surface area contributed by atoms with E-state index < -0.39 is 0 Å². The van der Waals surface area contributed by atoms with Crippen LogP contribution in [0.15, 0.2) is 52.9 Å². The third-order valence-corrected chi connectivity index (χ3v) is 5.65. The van der Waals surface area contributed by atoms with Crippen LogP contribution in [-0.4, -0.2) is 22.5 Å². The van der Waals surface area contributed by atoms with Crippen LogP contribution < -0.4 is 5.32 Å². The van der Waals surface area contributed by atoms with Gasteiger partial charge in [0.2, 0.25) is 5.13 Å². The van der Waals surface area contributed by atoms with Gasteiger partial charge in [0.15, 0.2) is 10.1 Å². The fourth-order valence-corrected chi connectivity index (χ4v) is 3.97. The molecule has 7 heteroatoms. The lowest BCUT2D eigenvalue weighted by Gasteiger charge is -2.02. The quantitative estimate of drug-likeness (QED) is 0.485. The van der Waals surface area contributed by atoms with E-state index in [9.17, 15) is 9.18 Å². The Balaban J connectivity index is 1.52. The Morgan fingerprint density at radius 3 is 2.68 bits per heavy atom. The molecule has 128 valence electrons. The molecule has 3 aromatic rings. The third kappa shape index (κ3) is 4.87. The second-order valence-corrected chi connectivity index (χ2v) is 7.57. The number of thioether (sulfide) groups is 1. The standard InChI is InChI=1S/C18H16FN3OS2/c1-12-4-2-3-5-14(12)11-24-18-22-21-17(25-18)20-10-16(23)13-6-8-15(19)9-7-13/h2-9H,10-11H2,1H3,(H,20,21). The predicted molar refractivity (Wildman–Crippen MR) is 99.9 cm³/mol. The Kier molecular flexibility index (Phi) is 5.78. The SMILES string of the molecule is Cc1ccccc1CSc1nnc(NCC(=O)c2ccc(F)cc2)s1. The van der Waals surface area contributed by atoms with Crippen molar-refractivity contribution >= 4 is 34.0 Å². The van der Waals surface area contributed by atoms with Crippen LogP contribution in [0.3, 0.4) is 0 Å². The fourth-order valence-electron chi connectivity index (χ4n) is 2.14. The van der Waals surface area contributed by atoms with Crippen LogP contribution in [0.25, 0.3) is 0 Å². The highest BCUT2D eigenvalue weighted by Gasteiger charge is 2.09. The minimum Gasteiger partial charge on any atom is -0.353 e. The molecule has 25 heavy (non-hydrogen) atoms. The Labute approximate surface area is 153 Å². The van der Waals surface area contributed by atoms with Crippen LogP contribution >= 0.6 is 23.1 Å². The van der Waals surface area contributed by atoms with Crippen LogP contribution in [0.4, 0.5) is 9.52 Å². The Morgan fingerprint density at radius 1 is 1.16 bits per heavy atom. The predicted octanol–water partition coefficient (Wildman–Crippen LogP) is 4.57. The maximum Gasteiger partial charge on any atom is 0.206 e. The number of benzene rings is 2. The summed E-state index contributed by atoms with van der Waals surface area (Å²) < 4.78 is 13.7. The van der Waals surface area contributed by atoms with E-state index in [-0.39, 0.29) is 18.1 Å². The number of aryl methyl sites for hydroxylation is 1. The number of Topliss-reactive ketones (excluding diaryl/α,β-unsaturated/α-hetero) is 1. The van der Waals surface area contributed by atoms with Gasteiger partial charge >= 0.3 is 0 Å². The Bertz CT molecular complexity index is 865. The molecule has 2 aromatic carbocycles. The van der Waals surface area contributed by atoms with Gasteiger partial charge in [-0.2, -0.15) is 0 Å². The molecule has 3 rings (SSSR count). The van der Waals surface area contributed by atoms with Gasteiger partial charge in [-0.25, -0.2) is 4.39 Å². The number of hydrogen-bond donors (Lipinski definition) is 1. The molecule has 1 heterocycles. The molecular formula is C18H16FN3OS2. The number of carbonyl (C=O) groups excluding carboxylic acids is 1. The highest BCUT2D eigenvalue weighted by Crippen LogP contribution is 2.29. The largest absolute Gasteiger partial charge is 0.353 e. The summed E-state index contributed by atoms with van der Waals surface area (Å²) in [5, 5.41) is 11.8. The third-order valence-electron chi connectivity index (χ3n) is 3.59. The number of halogens is 1. The van der Waals surface area contributed by atoms with Gasteiger partial charge < -0.3 is 5.32 Å². The molecule has 0 unspecified atom stereocenters. The van der Waals surface area contributed by atoms with Crippen LogP contribution in [0.5, 0.6) is 0 Å². The topological polar surface area (TPSA) is 54.9 Å². The van der Waals surface area contributed by atoms with Crippen molar-refractivity contribution in [3.05, 3.63) is 71.0 Å². The molecule has 0 bridgehead atoms. The van der Waals surface area contributed by atoms with E-state index in [1.807, 2.05) is 12.1 Å². The first kappa shape index (κ1) is 17.6. The lowest BCUT2D eigenvalue weighted by Crippen LogP contribution is -2.13. The summed E-state index contributed by atoms with van der Waals surface area (Å²) in [6.07, 6.45) is 0. The van der Waals surface area contributed by atoms with Crippen molar-refractivity contribution < 1.29 is 9.18 Å². The van der Waals surface area contributed by atoms with E-state index in [0.717, 1.165) is 10.1 Å². The normalized spacial score (nSPS) is 10.6. The van der Waals surface area contributed by atoms with E-state index in [2.05, 4.69) is 34.6 Å². The van der Waals surface area contributed by atoms with Gasteiger partial charge in [-0.1, -0.05) is 47.4 Å². The van der Waals surface area contributed by atoms with Crippen molar-refractivity contribution in [2.75, 3.05) is 11.9 Å². The molecule has 0 saturated carbocycles. The van der Waals surface area contributed by atoms with Gasteiger partial charge in [0.1, 0.15) is 5.82 Å². The highest BCUT2D eigenvalue weighted by molar-refractivity contribution is 8.00. The average Bonchev–Trinajstić information content (AvgIpc) is 3.07. The molecule has 4 nitrogen and oxygen atoms in total. The minimum absolute atomic E-state index is 0.0999. The lowest BCUT2D eigenvalue weighted by atomic mass is 10.1. The molecule has 0 spiro atoms. The van der Waals surface area contributed by atoms with Crippen LogP contribution in [0.2, 0.25) is 0 Å². The van der Waals surface area contributed by atoms with Crippen molar-refractivity contribution in [1.29, 1.82) is 0 Å². The van der Waals surface area contributed by atoms with Gasteiger partial charge in [-0.05, 0) is 42.3 Å². The summed E-state index contributed by atoms with van der Waals surface area (Å²) in [5.41, 5.74) is 2.99. The van der Waals surface area contributed by atoms with E-state index in [4.69, 9.17) is 0 Å². The molecular weight excluding hydrogens is 357 g/mol. The fraction of sp³-hybridized carbons (Fsp3) is 0.167. The zero-order valence-electron chi connectivity index (χ0n) is 13.5. The van der Waals surface area contributed by atoms with Crippen molar-refractivity contribution in [3.63, 3.8) is 0 Å². The monoisotopic (exact) mass is 373 g/mol. The first-order valence-electron chi connectivity index (χ1n) is 7.65. The molecule has 0 aliphatic heterocycles. The summed E-state index contributed by atoms with van der Waals surface area (Å²) in [5.74, 6) is 0.351. The summed E-state index contributed by atoms with van der Waals surface area (Å²) in [7, 11) is 0. The molecule has 0 fully saturated rings. The number of anilines is 1. The Hall–Kier alpha value is -2.25. The number of aromatic nitrogens is 2. The number of ketones is 1. The molecule has 1 aromatic heterocycles. The number of rotatable bonds is 7. The van der Waals surface area contributed by atoms with Crippen molar-refractivity contribution in [2.24, 2.45) is 0 Å². The molecule has 0 saturated heterocycles. The first-order valence-corrected chi connectivity index (χ1v) is 9.45. The molecule has 0 atom stereocenters. The van der Waals surface area contributed by atoms with Crippen molar-refractivity contribution in [1.82, 2.24) is 10.2 Å². The number of nitrogens with one attached hydrogen (secondary N) is 1. The highest BCUT2D eigenvalue weighted by atomic mass is 32.2. The minimum atomic E-state index is -0.357. The smallest absolute Gasteiger partial charge is 0.206 e. The Morgan fingerprint density at radius 2 is 1.92 bits per heavy atom. The molecule has 1 N–H and O–H groups in total. The van der Waals surface area contributed by atoms with Gasteiger partial charge in [0, 0.05) is 11.3 Å². The lowest BCUT2D eigenvalue weighted by molar-refractivity contribution is 0.101. The van der Waals surface area contributed by atoms with E-state index in [0.29, 0.717) is 10.7 Å².